The molecule has 0 N–H and O–H groups in total. The Morgan fingerprint density at radius 1 is 1.11 bits per heavy atom. The molecule has 2 aliphatic carbocycles. The van der Waals surface area contributed by atoms with Gasteiger partial charge in [-0.25, -0.2) is 0 Å². The molecule has 2 atom stereocenters. The Morgan fingerprint density at radius 2 is 1.83 bits per heavy atom. The molecule has 0 bridgehead atoms. The first-order chi connectivity index (χ1) is 8.81. The second-order valence-corrected chi connectivity index (χ2v) is 6.90. The summed E-state index contributed by atoms with van der Waals surface area (Å²) in [6, 6.07) is 0. The molecule has 1 saturated heterocycles. The molecule has 1 heterocycles. The van der Waals surface area contributed by atoms with Crippen LogP contribution in [0.2, 0.25) is 0 Å². The van der Waals surface area contributed by atoms with E-state index in [9.17, 15) is 0 Å². The van der Waals surface area contributed by atoms with Crippen molar-refractivity contribution in [2.45, 2.75) is 62.8 Å². The van der Waals surface area contributed by atoms with Crippen LogP contribution in [0.25, 0.3) is 0 Å². The Morgan fingerprint density at radius 3 is 2.50 bits per heavy atom. The normalized spacial score (nSPS) is 36.5. The third kappa shape index (κ3) is 2.44. The summed E-state index contributed by atoms with van der Waals surface area (Å²) in [6.07, 6.45) is 10.5. The molecule has 2 nitrogen and oxygen atoms in total. The van der Waals surface area contributed by atoms with Gasteiger partial charge in [-0.15, -0.1) is 11.6 Å². The first kappa shape index (κ1) is 13.2. The van der Waals surface area contributed by atoms with Crippen LogP contribution in [0, 0.1) is 11.3 Å². The first-order valence-electron chi connectivity index (χ1n) is 7.65. The molecular weight excluding hydrogens is 248 g/mol. The van der Waals surface area contributed by atoms with Crippen LogP contribution in [-0.2, 0) is 9.47 Å². The van der Waals surface area contributed by atoms with Gasteiger partial charge in [-0.1, -0.05) is 19.3 Å². The van der Waals surface area contributed by atoms with Crippen LogP contribution in [0.4, 0.5) is 0 Å². The summed E-state index contributed by atoms with van der Waals surface area (Å²) in [4.78, 5) is 0. The predicted molar refractivity (Wildman–Crippen MR) is 73.1 cm³/mol. The Kier molecular flexibility index (Phi) is 4.17. The van der Waals surface area contributed by atoms with Gasteiger partial charge in [0.1, 0.15) is 0 Å². The molecule has 0 aromatic heterocycles. The molecule has 0 aromatic carbocycles. The molecule has 3 heteroatoms. The van der Waals surface area contributed by atoms with Crippen molar-refractivity contribution in [1.82, 2.24) is 0 Å². The fraction of sp³-hybridized carbons (Fsp3) is 1.00. The molecule has 1 aliphatic heterocycles. The third-order valence-corrected chi connectivity index (χ3v) is 5.96. The monoisotopic (exact) mass is 272 g/mol. The lowest BCUT2D eigenvalue weighted by Crippen LogP contribution is -2.57. The molecule has 0 radical (unpaired) electrons. The van der Waals surface area contributed by atoms with Gasteiger partial charge < -0.3 is 9.47 Å². The Hall–Kier alpha value is 0.210. The summed E-state index contributed by atoms with van der Waals surface area (Å²) in [5.74, 6) is 0.716. The van der Waals surface area contributed by atoms with Crippen molar-refractivity contribution >= 4 is 11.6 Å². The molecule has 0 amide bonds. The highest BCUT2D eigenvalue weighted by molar-refractivity contribution is 6.21. The van der Waals surface area contributed by atoms with E-state index in [0.717, 1.165) is 26.2 Å². The zero-order valence-electron chi connectivity index (χ0n) is 11.2. The Bertz CT molecular complexity index is 270. The van der Waals surface area contributed by atoms with Crippen LogP contribution in [0.1, 0.15) is 51.4 Å². The van der Waals surface area contributed by atoms with E-state index in [1.807, 2.05) is 0 Å². The van der Waals surface area contributed by atoms with Crippen molar-refractivity contribution in [1.29, 1.82) is 0 Å². The quantitative estimate of drug-likeness (QED) is 0.729. The third-order valence-electron chi connectivity index (χ3n) is 5.34. The van der Waals surface area contributed by atoms with Crippen LogP contribution in [0.5, 0.6) is 0 Å². The van der Waals surface area contributed by atoms with Crippen molar-refractivity contribution < 1.29 is 9.47 Å². The number of rotatable bonds is 3. The van der Waals surface area contributed by atoms with Crippen molar-refractivity contribution in [3.63, 3.8) is 0 Å². The van der Waals surface area contributed by atoms with E-state index < -0.39 is 0 Å². The summed E-state index contributed by atoms with van der Waals surface area (Å²) < 4.78 is 11.6. The van der Waals surface area contributed by atoms with Crippen LogP contribution < -0.4 is 0 Å². The van der Waals surface area contributed by atoms with Gasteiger partial charge in [0.05, 0.1) is 6.10 Å². The highest BCUT2D eigenvalue weighted by atomic mass is 35.5. The lowest BCUT2D eigenvalue weighted by atomic mass is 9.58. The number of hydrogen-bond acceptors (Lipinski definition) is 2. The summed E-state index contributed by atoms with van der Waals surface area (Å²) in [6.45, 7) is 2.77. The van der Waals surface area contributed by atoms with Crippen molar-refractivity contribution in [2.24, 2.45) is 11.3 Å². The molecule has 0 aromatic rings. The van der Waals surface area contributed by atoms with Crippen LogP contribution >= 0.6 is 11.6 Å². The Labute approximate surface area is 115 Å². The zero-order valence-corrected chi connectivity index (χ0v) is 12.0. The highest BCUT2D eigenvalue weighted by Crippen LogP contribution is 2.55. The van der Waals surface area contributed by atoms with Gasteiger partial charge in [-0.3, -0.25) is 0 Å². The Balaban J connectivity index is 1.50. The van der Waals surface area contributed by atoms with E-state index in [1.165, 1.54) is 44.9 Å². The maximum Gasteiger partial charge on any atom is 0.0659 e. The summed E-state index contributed by atoms with van der Waals surface area (Å²) in [5.41, 5.74) is 0.338. The van der Waals surface area contributed by atoms with E-state index in [4.69, 9.17) is 21.1 Å². The standard InChI is InChI=1S/C15H25ClO2/c16-13-10-14(15(13)6-2-1-3-7-15)18-11-12-4-8-17-9-5-12/h12-14H,1-11H2. The maximum absolute atomic E-state index is 6.50. The van der Waals surface area contributed by atoms with E-state index in [-0.39, 0.29) is 0 Å². The van der Waals surface area contributed by atoms with E-state index in [0.29, 0.717) is 22.8 Å². The topological polar surface area (TPSA) is 18.5 Å². The lowest BCUT2D eigenvalue weighted by molar-refractivity contribution is -0.137. The number of ether oxygens (including phenoxy) is 2. The molecule has 2 saturated carbocycles. The SMILES string of the molecule is ClC1CC(OCC2CCOCC2)C12CCCCC2. The second-order valence-electron chi connectivity index (χ2n) is 6.37. The lowest BCUT2D eigenvalue weighted by Gasteiger charge is -2.55. The van der Waals surface area contributed by atoms with Gasteiger partial charge in [-0.05, 0) is 38.0 Å². The van der Waals surface area contributed by atoms with Crippen LogP contribution in [-0.4, -0.2) is 31.3 Å². The zero-order chi connectivity index (χ0) is 12.4. The van der Waals surface area contributed by atoms with Gasteiger partial charge in [0.25, 0.3) is 0 Å². The number of alkyl halides is 1. The highest BCUT2D eigenvalue weighted by Gasteiger charge is 2.54. The molecule has 3 aliphatic rings. The molecule has 104 valence electrons. The minimum atomic E-state index is 0.338. The number of hydrogen-bond donors (Lipinski definition) is 0. The van der Waals surface area contributed by atoms with E-state index in [2.05, 4.69) is 0 Å². The largest absolute Gasteiger partial charge is 0.381 e. The smallest absolute Gasteiger partial charge is 0.0659 e. The van der Waals surface area contributed by atoms with E-state index >= 15 is 0 Å². The molecule has 3 fully saturated rings. The van der Waals surface area contributed by atoms with Gasteiger partial charge in [-0.2, -0.15) is 0 Å². The van der Waals surface area contributed by atoms with Gasteiger partial charge >= 0.3 is 0 Å². The summed E-state index contributed by atoms with van der Waals surface area (Å²) in [5, 5.41) is 0.373. The second kappa shape index (κ2) is 5.68. The minimum absolute atomic E-state index is 0.338. The number of halogens is 1. The van der Waals surface area contributed by atoms with E-state index in [1.54, 1.807) is 0 Å². The molecule has 18 heavy (non-hydrogen) atoms. The predicted octanol–water partition coefficient (Wildman–Crippen LogP) is 3.76. The van der Waals surface area contributed by atoms with Crippen molar-refractivity contribution in [3.8, 4) is 0 Å². The van der Waals surface area contributed by atoms with Crippen LogP contribution in [0.15, 0.2) is 0 Å². The van der Waals surface area contributed by atoms with Crippen molar-refractivity contribution in [3.05, 3.63) is 0 Å². The minimum Gasteiger partial charge on any atom is -0.381 e. The van der Waals surface area contributed by atoms with Gasteiger partial charge in [0, 0.05) is 30.6 Å². The van der Waals surface area contributed by atoms with Crippen molar-refractivity contribution in [2.75, 3.05) is 19.8 Å². The molecular formula is C15H25ClO2. The summed E-state index contributed by atoms with van der Waals surface area (Å²) >= 11 is 6.50. The van der Waals surface area contributed by atoms with Gasteiger partial charge in [0.15, 0.2) is 0 Å². The fourth-order valence-electron chi connectivity index (χ4n) is 3.94. The fourth-order valence-corrected chi connectivity index (χ4v) is 4.46. The maximum atomic E-state index is 6.50. The average molecular weight is 273 g/mol. The molecule has 1 spiro atoms. The average Bonchev–Trinajstić information content (AvgIpc) is 2.45. The summed E-state index contributed by atoms with van der Waals surface area (Å²) in [7, 11) is 0. The van der Waals surface area contributed by atoms with Crippen LogP contribution in [0.3, 0.4) is 0 Å². The molecule has 2 unspecified atom stereocenters. The first-order valence-corrected chi connectivity index (χ1v) is 8.08. The van der Waals surface area contributed by atoms with Gasteiger partial charge in [0.2, 0.25) is 0 Å². The molecule has 3 rings (SSSR count).